The lowest BCUT2D eigenvalue weighted by Crippen LogP contribution is -2.25. The van der Waals surface area contributed by atoms with Gasteiger partial charge in [0.25, 0.3) is 5.91 Å². The van der Waals surface area contributed by atoms with Crippen LogP contribution in [0.15, 0.2) is 24.5 Å². The van der Waals surface area contributed by atoms with E-state index in [0.29, 0.717) is 17.9 Å². The molecule has 1 aliphatic carbocycles. The van der Waals surface area contributed by atoms with E-state index in [2.05, 4.69) is 15.4 Å². The first-order valence-electron chi connectivity index (χ1n) is 7.20. The molecule has 0 spiro atoms. The van der Waals surface area contributed by atoms with Crippen LogP contribution in [0.5, 0.6) is 0 Å². The molecule has 2 heterocycles. The lowest BCUT2D eigenvalue weighted by molar-refractivity contribution is 0.100. The Bertz CT molecular complexity index is 650. The van der Waals surface area contributed by atoms with Crippen molar-refractivity contribution in [2.45, 2.75) is 38.8 Å². The Balaban J connectivity index is 1.82. The van der Waals surface area contributed by atoms with Gasteiger partial charge in [0.2, 0.25) is 0 Å². The molecule has 3 rings (SSSR count). The number of nitrogens with zero attached hydrogens (tertiary/aromatic N) is 3. The molecular formula is C15H19N5O. The second kappa shape index (κ2) is 5.55. The summed E-state index contributed by atoms with van der Waals surface area (Å²) in [5.74, 6) is 0.147. The van der Waals surface area contributed by atoms with Crippen LogP contribution in [-0.2, 0) is 19.4 Å². The molecule has 0 aromatic carbocycles. The molecule has 1 amide bonds. The number of hydrogen-bond donors (Lipinski definition) is 2. The summed E-state index contributed by atoms with van der Waals surface area (Å²) in [6, 6.07) is 3.87. The molecule has 21 heavy (non-hydrogen) atoms. The minimum Gasteiger partial charge on any atom is -0.365 e. The highest BCUT2D eigenvalue weighted by Gasteiger charge is 2.19. The standard InChI is InChI=1S/C15H19N5O/c1-10(9-20-7-3-6-17-20)18-15-12(14(16)21)8-11-4-2-5-13(11)19-15/h3,6-8,10H,2,4-5,9H2,1H3,(H2,16,21)(H,18,19). The first-order chi connectivity index (χ1) is 10.1. The monoisotopic (exact) mass is 285 g/mol. The summed E-state index contributed by atoms with van der Waals surface area (Å²) in [6.07, 6.45) is 6.69. The first-order valence-corrected chi connectivity index (χ1v) is 7.20. The lowest BCUT2D eigenvalue weighted by Gasteiger charge is -2.17. The second-order valence-corrected chi connectivity index (χ2v) is 5.48. The van der Waals surface area contributed by atoms with Crippen LogP contribution in [0.25, 0.3) is 0 Å². The molecule has 1 atom stereocenters. The number of primary amides is 1. The van der Waals surface area contributed by atoms with E-state index >= 15 is 0 Å². The van der Waals surface area contributed by atoms with Gasteiger partial charge >= 0.3 is 0 Å². The molecule has 6 heteroatoms. The van der Waals surface area contributed by atoms with E-state index in [4.69, 9.17) is 5.73 Å². The topological polar surface area (TPSA) is 85.8 Å². The van der Waals surface area contributed by atoms with Crippen molar-refractivity contribution in [1.82, 2.24) is 14.8 Å². The molecule has 0 saturated carbocycles. The Morgan fingerprint density at radius 3 is 3.10 bits per heavy atom. The van der Waals surface area contributed by atoms with E-state index in [0.717, 1.165) is 30.5 Å². The van der Waals surface area contributed by atoms with Gasteiger partial charge < -0.3 is 11.1 Å². The summed E-state index contributed by atoms with van der Waals surface area (Å²) in [6.45, 7) is 2.73. The van der Waals surface area contributed by atoms with Crippen LogP contribution in [0.2, 0.25) is 0 Å². The number of amides is 1. The van der Waals surface area contributed by atoms with Crippen molar-refractivity contribution in [2.75, 3.05) is 5.32 Å². The molecule has 2 aromatic heterocycles. The fourth-order valence-corrected chi connectivity index (χ4v) is 2.74. The van der Waals surface area contributed by atoms with Gasteiger partial charge in [0, 0.05) is 24.1 Å². The number of aromatic nitrogens is 3. The minimum atomic E-state index is -0.439. The normalized spacial score (nSPS) is 14.7. The Hall–Kier alpha value is -2.37. The van der Waals surface area contributed by atoms with Gasteiger partial charge in [-0.1, -0.05) is 0 Å². The Morgan fingerprint density at radius 2 is 2.38 bits per heavy atom. The number of pyridine rings is 1. The van der Waals surface area contributed by atoms with Crippen LogP contribution in [0.4, 0.5) is 5.82 Å². The molecule has 3 N–H and O–H groups in total. The maximum absolute atomic E-state index is 11.6. The van der Waals surface area contributed by atoms with Gasteiger partial charge in [-0.25, -0.2) is 4.98 Å². The van der Waals surface area contributed by atoms with Gasteiger partial charge in [-0.05, 0) is 43.9 Å². The number of rotatable bonds is 5. The van der Waals surface area contributed by atoms with Crippen LogP contribution < -0.4 is 11.1 Å². The van der Waals surface area contributed by atoms with Gasteiger partial charge in [0.1, 0.15) is 5.82 Å². The number of nitrogens with one attached hydrogen (secondary N) is 1. The highest BCUT2D eigenvalue weighted by Crippen LogP contribution is 2.25. The van der Waals surface area contributed by atoms with Crippen LogP contribution >= 0.6 is 0 Å². The number of anilines is 1. The summed E-state index contributed by atoms with van der Waals surface area (Å²) in [7, 11) is 0. The Kier molecular flexibility index (Phi) is 3.60. The molecule has 1 unspecified atom stereocenters. The average Bonchev–Trinajstić information content (AvgIpc) is 3.07. The van der Waals surface area contributed by atoms with Crippen molar-refractivity contribution in [2.24, 2.45) is 5.73 Å². The van der Waals surface area contributed by atoms with Gasteiger partial charge in [0.15, 0.2) is 0 Å². The number of fused-ring (bicyclic) bond motifs is 1. The summed E-state index contributed by atoms with van der Waals surface area (Å²) in [5.41, 5.74) is 8.18. The van der Waals surface area contributed by atoms with Crippen LogP contribution in [0.3, 0.4) is 0 Å². The predicted molar refractivity (Wildman–Crippen MR) is 80.1 cm³/mol. The van der Waals surface area contributed by atoms with Crippen molar-refractivity contribution in [1.29, 1.82) is 0 Å². The van der Waals surface area contributed by atoms with Crippen molar-refractivity contribution in [3.63, 3.8) is 0 Å². The number of hydrogen-bond acceptors (Lipinski definition) is 4. The first kappa shape index (κ1) is 13.6. The number of nitrogens with two attached hydrogens (primary N) is 1. The quantitative estimate of drug-likeness (QED) is 0.868. The molecule has 110 valence electrons. The third-order valence-corrected chi connectivity index (χ3v) is 3.72. The van der Waals surface area contributed by atoms with Crippen molar-refractivity contribution < 1.29 is 4.79 Å². The average molecular weight is 285 g/mol. The van der Waals surface area contributed by atoms with E-state index < -0.39 is 5.91 Å². The van der Waals surface area contributed by atoms with Gasteiger partial charge in [-0.3, -0.25) is 9.48 Å². The maximum Gasteiger partial charge on any atom is 0.252 e. The fourth-order valence-electron chi connectivity index (χ4n) is 2.74. The molecule has 0 aliphatic heterocycles. The van der Waals surface area contributed by atoms with Gasteiger partial charge in [-0.15, -0.1) is 0 Å². The fraction of sp³-hybridized carbons (Fsp3) is 0.400. The summed E-state index contributed by atoms with van der Waals surface area (Å²) < 4.78 is 1.84. The van der Waals surface area contributed by atoms with E-state index in [1.807, 2.05) is 29.9 Å². The Morgan fingerprint density at radius 1 is 1.52 bits per heavy atom. The number of aryl methyl sites for hydroxylation is 2. The zero-order valence-electron chi connectivity index (χ0n) is 12.0. The van der Waals surface area contributed by atoms with E-state index in [-0.39, 0.29) is 6.04 Å². The largest absolute Gasteiger partial charge is 0.365 e. The second-order valence-electron chi connectivity index (χ2n) is 5.48. The molecule has 0 saturated heterocycles. The Labute approximate surface area is 123 Å². The summed E-state index contributed by atoms with van der Waals surface area (Å²) in [4.78, 5) is 16.2. The molecule has 0 fully saturated rings. The zero-order chi connectivity index (χ0) is 14.8. The van der Waals surface area contributed by atoms with Crippen LogP contribution in [0, 0.1) is 0 Å². The third kappa shape index (κ3) is 2.89. The summed E-state index contributed by atoms with van der Waals surface area (Å²) >= 11 is 0. The van der Waals surface area contributed by atoms with Crippen molar-refractivity contribution in [3.05, 3.63) is 41.3 Å². The van der Waals surface area contributed by atoms with Crippen LogP contribution in [0.1, 0.15) is 35.0 Å². The summed E-state index contributed by atoms with van der Waals surface area (Å²) in [5, 5.41) is 7.46. The van der Waals surface area contributed by atoms with E-state index in [1.165, 1.54) is 0 Å². The highest BCUT2D eigenvalue weighted by atomic mass is 16.1. The molecule has 6 nitrogen and oxygen atoms in total. The molecule has 0 radical (unpaired) electrons. The molecular weight excluding hydrogens is 266 g/mol. The number of carbonyl (C=O) groups excluding carboxylic acids is 1. The molecule has 1 aliphatic rings. The van der Waals surface area contributed by atoms with E-state index in [1.54, 1.807) is 6.20 Å². The highest BCUT2D eigenvalue weighted by molar-refractivity contribution is 5.97. The zero-order valence-corrected chi connectivity index (χ0v) is 12.0. The van der Waals surface area contributed by atoms with Gasteiger partial charge in [-0.2, -0.15) is 5.10 Å². The number of carbonyl (C=O) groups is 1. The SMILES string of the molecule is CC(Cn1cccn1)Nc1nc2c(cc1C(N)=O)CCC2. The van der Waals surface area contributed by atoms with Crippen LogP contribution in [-0.4, -0.2) is 26.7 Å². The van der Waals surface area contributed by atoms with Crippen molar-refractivity contribution in [3.8, 4) is 0 Å². The minimum absolute atomic E-state index is 0.0925. The van der Waals surface area contributed by atoms with E-state index in [9.17, 15) is 4.79 Å². The van der Waals surface area contributed by atoms with Gasteiger partial charge in [0.05, 0.1) is 12.1 Å². The molecule has 2 aromatic rings. The smallest absolute Gasteiger partial charge is 0.252 e. The maximum atomic E-state index is 11.6. The third-order valence-electron chi connectivity index (χ3n) is 3.72. The predicted octanol–water partition coefficient (Wildman–Crippen LogP) is 1.37. The van der Waals surface area contributed by atoms with Crippen molar-refractivity contribution >= 4 is 11.7 Å². The lowest BCUT2D eigenvalue weighted by atomic mass is 10.1. The molecule has 0 bridgehead atoms.